The van der Waals surface area contributed by atoms with Crippen LogP contribution in [0.3, 0.4) is 0 Å². The average molecular weight is 348 g/mol. The summed E-state index contributed by atoms with van der Waals surface area (Å²) in [6.45, 7) is 0.0228. The van der Waals surface area contributed by atoms with Gasteiger partial charge in [-0.1, -0.05) is 41.4 Å². The topological polar surface area (TPSA) is 53.1 Å². The van der Waals surface area contributed by atoms with Crippen LogP contribution in [-0.2, 0) is 6.42 Å². The number of hydrogen-bond acceptors (Lipinski definition) is 2. The van der Waals surface area contributed by atoms with Crippen molar-refractivity contribution in [1.29, 1.82) is 0 Å². The highest BCUT2D eigenvalue weighted by Gasteiger charge is 2.16. The lowest BCUT2D eigenvalue weighted by Gasteiger charge is -2.14. The van der Waals surface area contributed by atoms with Crippen LogP contribution in [0.25, 0.3) is 22.0 Å². The number of fused-ring (bicyclic) bond motifs is 1. The molecule has 0 saturated heterocycles. The van der Waals surface area contributed by atoms with Gasteiger partial charge in [-0.05, 0) is 37.1 Å². The number of hydrogen-bond donors (Lipinski definition) is 2. The first-order valence-electron chi connectivity index (χ1n) is 7.32. The molecule has 0 amide bonds. The molecule has 0 aliphatic carbocycles. The highest BCUT2D eigenvalue weighted by Crippen LogP contribution is 2.35. The van der Waals surface area contributed by atoms with Gasteiger partial charge in [0.25, 0.3) is 5.56 Å². The molecule has 0 saturated carbocycles. The van der Waals surface area contributed by atoms with Crippen molar-refractivity contribution < 1.29 is 5.11 Å². The van der Waals surface area contributed by atoms with Crippen molar-refractivity contribution in [1.82, 2.24) is 4.98 Å². The smallest absolute Gasteiger partial charge is 0.252 e. The first-order chi connectivity index (χ1) is 11.1. The van der Waals surface area contributed by atoms with Crippen LogP contribution in [0.4, 0.5) is 0 Å². The average Bonchev–Trinajstić information content (AvgIpc) is 2.54. The van der Waals surface area contributed by atoms with E-state index in [9.17, 15) is 4.79 Å². The van der Waals surface area contributed by atoms with Gasteiger partial charge in [-0.2, -0.15) is 0 Å². The van der Waals surface area contributed by atoms with Crippen molar-refractivity contribution in [2.24, 2.45) is 0 Å². The summed E-state index contributed by atoms with van der Waals surface area (Å²) in [6.07, 6.45) is 0.974. The van der Waals surface area contributed by atoms with Gasteiger partial charge in [0.2, 0.25) is 0 Å². The van der Waals surface area contributed by atoms with E-state index in [2.05, 4.69) is 4.98 Å². The van der Waals surface area contributed by atoms with E-state index in [-0.39, 0.29) is 12.2 Å². The molecule has 0 bridgehead atoms. The van der Waals surface area contributed by atoms with E-state index in [1.165, 1.54) is 0 Å². The van der Waals surface area contributed by atoms with Crippen molar-refractivity contribution >= 4 is 34.1 Å². The summed E-state index contributed by atoms with van der Waals surface area (Å²) in [5, 5.41) is 11.1. The third-order valence-electron chi connectivity index (χ3n) is 3.80. The third-order valence-corrected chi connectivity index (χ3v) is 4.37. The summed E-state index contributed by atoms with van der Waals surface area (Å²) >= 11 is 12.5. The predicted molar refractivity (Wildman–Crippen MR) is 95.4 cm³/mol. The Morgan fingerprint density at radius 1 is 1.09 bits per heavy atom. The monoisotopic (exact) mass is 347 g/mol. The second kappa shape index (κ2) is 6.75. The molecule has 0 aliphatic rings. The predicted octanol–water partition coefficient (Wildman–Crippen LogP) is 4.43. The first-order valence-corrected chi connectivity index (χ1v) is 8.07. The SMILES string of the molecule is O=c1[nH]c2ccc(Cl)cc2c(-c2ccccc2Cl)c1CCCO. The van der Waals surface area contributed by atoms with Gasteiger partial charge in [0.15, 0.2) is 0 Å². The molecular formula is C18H15Cl2NO2. The minimum Gasteiger partial charge on any atom is -0.396 e. The van der Waals surface area contributed by atoms with Crippen molar-refractivity contribution in [3.05, 3.63) is 68.4 Å². The highest BCUT2D eigenvalue weighted by molar-refractivity contribution is 6.34. The van der Waals surface area contributed by atoms with E-state index in [0.717, 1.165) is 16.5 Å². The fourth-order valence-electron chi connectivity index (χ4n) is 2.77. The number of aromatic amines is 1. The van der Waals surface area contributed by atoms with Gasteiger partial charge in [-0.15, -0.1) is 0 Å². The maximum absolute atomic E-state index is 12.5. The van der Waals surface area contributed by atoms with Gasteiger partial charge in [-0.3, -0.25) is 4.79 Å². The van der Waals surface area contributed by atoms with Crippen molar-refractivity contribution in [2.75, 3.05) is 6.61 Å². The Bertz CT molecular complexity index is 919. The molecule has 3 aromatic rings. The van der Waals surface area contributed by atoms with Gasteiger partial charge < -0.3 is 10.1 Å². The molecule has 3 nitrogen and oxygen atoms in total. The molecule has 3 rings (SSSR count). The Morgan fingerprint density at radius 2 is 1.87 bits per heavy atom. The number of nitrogens with one attached hydrogen (secondary N) is 1. The number of aliphatic hydroxyl groups excluding tert-OH is 1. The molecule has 2 N–H and O–H groups in total. The summed E-state index contributed by atoms with van der Waals surface area (Å²) in [5.74, 6) is 0. The van der Waals surface area contributed by atoms with Crippen LogP contribution in [0.1, 0.15) is 12.0 Å². The second-order valence-corrected chi connectivity index (χ2v) is 6.15. The molecule has 118 valence electrons. The fourth-order valence-corrected chi connectivity index (χ4v) is 3.17. The molecule has 1 heterocycles. The van der Waals surface area contributed by atoms with Crippen LogP contribution < -0.4 is 5.56 Å². The van der Waals surface area contributed by atoms with E-state index in [0.29, 0.717) is 34.0 Å². The number of benzene rings is 2. The Labute approximate surface area is 143 Å². The summed E-state index contributed by atoms with van der Waals surface area (Å²) in [7, 11) is 0. The van der Waals surface area contributed by atoms with Gasteiger partial charge in [0, 0.05) is 44.2 Å². The summed E-state index contributed by atoms with van der Waals surface area (Å²) in [4.78, 5) is 15.4. The molecule has 0 unspecified atom stereocenters. The van der Waals surface area contributed by atoms with Crippen LogP contribution in [0, 0.1) is 0 Å². The quantitative estimate of drug-likeness (QED) is 0.733. The number of aliphatic hydroxyl groups is 1. The van der Waals surface area contributed by atoms with Gasteiger partial charge >= 0.3 is 0 Å². The minimum atomic E-state index is -0.164. The molecule has 0 aliphatic heterocycles. The van der Waals surface area contributed by atoms with E-state index in [1.807, 2.05) is 24.3 Å². The van der Waals surface area contributed by atoms with E-state index >= 15 is 0 Å². The number of rotatable bonds is 4. The summed E-state index contributed by atoms with van der Waals surface area (Å²) in [6, 6.07) is 12.8. The summed E-state index contributed by atoms with van der Waals surface area (Å²) < 4.78 is 0. The lowest BCUT2D eigenvalue weighted by atomic mass is 9.94. The van der Waals surface area contributed by atoms with Crippen LogP contribution in [-0.4, -0.2) is 16.7 Å². The third kappa shape index (κ3) is 3.13. The number of H-pyrrole nitrogens is 1. The van der Waals surface area contributed by atoms with Crippen molar-refractivity contribution in [3.63, 3.8) is 0 Å². The maximum atomic E-state index is 12.5. The molecular weight excluding hydrogens is 333 g/mol. The Hall–Kier alpha value is -1.81. The maximum Gasteiger partial charge on any atom is 0.252 e. The van der Waals surface area contributed by atoms with Crippen molar-refractivity contribution in [2.45, 2.75) is 12.8 Å². The zero-order valence-electron chi connectivity index (χ0n) is 12.3. The Kier molecular flexibility index (Phi) is 4.71. The first kappa shape index (κ1) is 16.1. The minimum absolute atomic E-state index is 0.0228. The van der Waals surface area contributed by atoms with Crippen LogP contribution in [0.5, 0.6) is 0 Å². The second-order valence-electron chi connectivity index (χ2n) is 5.30. The summed E-state index contributed by atoms with van der Waals surface area (Å²) in [5.41, 5.74) is 2.73. The molecule has 1 aromatic heterocycles. The molecule has 0 fully saturated rings. The van der Waals surface area contributed by atoms with Gasteiger partial charge in [0.1, 0.15) is 0 Å². The van der Waals surface area contributed by atoms with Crippen molar-refractivity contribution in [3.8, 4) is 11.1 Å². The van der Waals surface area contributed by atoms with Crippen LogP contribution in [0.2, 0.25) is 10.0 Å². The van der Waals surface area contributed by atoms with Crippen LogP contribution in [0.15, 0.2) is 47.3 Å². The lowest BCUT2D eigenvalue weighted by molar-refractivity contribution is 0.288. The molecule has 5 heteroatoms. The molecule has 0 atom stereocenters. The van der Waals surface area contributed by atoms with E-state index in [4.69, 9.17) is 28.3 Å². The normalized spacial score (nSPS) is 11.1. The fraction of sp³-hybridized carbons (Fsp3) is 0.167. The van der Waals surface area contributed by atoms with E-state index in [1.54, 1.807) is 18.2 Å². The van der Waals surface area contributed by atoms with Crippen LogP contribution >= 0.6 is 23.2 Å². The zero-order valence-corrected chi connectivity index (χ0v) is 13.8. The molecule has 2 aromatic carbocycles. The van der Waals surface area contributed by atoms with E-state index < -0.39 is 0 Å². The van der Waals surface area contributed by atoms with Gasteiger partial charge in [-0.25, -0.2) is 0 Å². The molecule has 0 radical (unpaired) electrons. The standard InChI is InChI=1S/C18H15Cl2NO2/c19-11-7-8-16-14(10-11)17(12-4-1-2-6-15(12)20)13(5-3-9-22)18(23)21-16/h1-2,4,6-8,10,22H,3,5,9H2,(H,21,23). The zero-order chi connectivity index (χ0) is 16.4. The largest absolute Gasteiger partial charge is 0.396 e. The van der Waals surface area contributed by atoms with Gasteiger partial charge in [0.05, 0.1) is 0 Å². The Balaban J connectivity index is 2.41. The number of aromatic nitrogens is 1. The molecule has 0 spiro atoms. The molecule has 23 heavy (non-hydrogen) atoms. The number of halogens is 2. The number of pyridine rings is 1. The lowest BCUT2D eigenvalue weighted by Crippen LogP contribution is -2.15. The Morgan fingerprint density at radius 3 is 2.61 bits per heavy atom. The highest BCUT2D eigenvalue weighted by atomic mass is 35.5.